The van der Waals surface area contributed by atoms with Crippen molar-refractivity contribution >= 4 is 40.3 Å². The maximum atomic E-state index is 10.7. The molecule has 1 amide bonds. The highest BCUT2D eigenvalue weighted by Crippen LogP contribution is 2.32. The SMILES string of the molecule is Cc1cc(Nc2ncnc3ccc(-c4ccc(NC=O)nc4C)cc23)ccc1Oc1cc2nncn2cn1. The Morgan fingerprint density at radius 1 is 0.947 bits per heavy atom. The van der Waals surface area contributed by atoms with Gasteiger partial charge >= 0.3 is 0 Å². The molecule has 2 aromatic carbocycles. The third-order valence-corrected chi connectivity index (χ3v) is 6.05. The molecule has 4 heterocycles. The smallest absolute Gasteiger partial charge is 0.224 e. The van der Waals surface area contributed by atoms with Crippen LogP contribution in [0.15, 0.2) is 73.6 Å². The van der Waals surface area contributed by atoms with Crippen molar-refractivity contribution in [2.45, 2.75) is 13.8 Å². The van der Waals surface area contributed by atoms with Crippen molar-refractivity contribution in [3.8, 4) is 22.8 Å². The second-order valence-corrected chi connectivity index (χ2v) is 8.58. The van der Waals surface area contributed by atoms with Gasteiger partial charge in [0.25, 0.3) is 0 Å². The lowest BCUT2D eigenvalue weighted by Gasteiger charge is -2.13. The minimum atomic E-state index is 0.434. The molecule has 2 N–H and O–H groups in total. The lowest BCUT2D eigenvalue weighted by molar-refractivity contribution is -0.105. The second kappa shape index (κ2) is 9.54. The molecule has 0 aliphatic rings. The summed E-state index contributed by atoms with van der Waals surface area (Å²) in [5, 5.41) is 14.7. The molecule has 0 aliphatic carbocycles. The molecule has 6 aromatic rings. The van der Waals surface area contributed by atoms with Gasteiger partial charge in [-0.2, -0.15) is 0 Å². The zero-order valence-corrected chi connectivity index (χ0v) is 20.5. The average molecular weight is 504 g/mol. The number of aromatic nitrogens is 7. The molecular weight excluding hydrogens is 482 g/mol. The highest BCUT2D eigenvalue weighted by Gasteiger charge is 2.11. The Kier molecular flexibility index (Phi) is 5.77. The van der Waals surface area contributed by atoms with E-state index in [1.165, 1.54) is 6.33 Å². The number of nitrogens with one attached hydrogen (secondary N) is 2. The van der Waals surface area contributed by atoms with E-state index >= 15 is 0 Å². The van der Waals surface area contributed by atoms with Crippen LogP contribution in [-0.2, 0) is 4.79 Å². The van der Waals surface area contributed by atoms with Gasteiger partial charge in [0.15, 0.2) is 5.65 Å². The largest absolute Gasteiger partial charge is 0.439 e. The molecule has 0 saturated heterocycles. The monoisotopic (exact) mass is 503 g/mol. The number of amides is 1. The van der Waals surface area contributed by atoms with Crippen molar-refractivity contribution in [2.75, 3.05) is 10.6 Å². The zero-order valence-electron chi connectivity index (χ0n) is 20.5. The number of hydrogen-bond donors (Lipinski definition) is 2. The van der Waals surface area contributed by atoms with Crippen molar-refractivity contribution in [3.05, 3.63) is 84.8 Å². The number of anilines is 3. The van der Waals surface area contributed by atoms with Crippen LogP contribution in [0.1, 0.15) is 11.3 Å². The molecule has 11 nitrogen and oxygen atoms in total. The summed E-state index contributed by atoms with van der Waals surface area (Å²) >= 11 is 0. The van der Waals surface area contributed by atoms with Crippen LogP contribution < -0.4 is 15.4 Å². The van der Waals surface area contributed by atoms with E-state index in [0.717, 1.165) is 39.0 Å². The van der Waals surface area contributed by atoms with E-state index in [4.69, 9.17) is 4.74 Å². The van der Waals surface area contributed by atoms with Gasteiger partial charge in [0.2, 0.25) is 12.3 Å². The molecule has 0 atom stereocenters. The number of benzene rings is 2. The molecule has 0 aliphatic heterocycles. The average Bonchev–Trinajstić information content (AvgIpc) is 3.39. The lowest BCUT2D eigenvalue weighted by atomic mass is 10.0. The first-order valence-corrected chi connectivity index (χ1v) is 11.7. The van der Waals surface area contributed by atoms with E-state index in [2.05, 4.69) is 40.8 Å². The summed E-state index contributed by atoms with van der Waals surface area (Å²) < 4.78 is 7.70. The molecule has 0 saturated carbocycles. The van der Waals surface area contributed by atoms with Crippen LogP contribution >= 0.6 is 0 Å². The number of fused-ring (bicyclic) bond motifs is 2. The Hall–Kier alpha value is -5.45. The van der Waals surface area contributed by atoms with Crippen LogP contribution in [0.3, 0.4) is 0 Å². The highest BCUT2D eigenvalue weighted by atomic mass is 16.5. The number of nitrogens with zero attached hydrogens (tertiary/aromatic N) is 7. The van der Waals surface area contributed by atoms with Crippen molar-refractivity contribution in [1.29, 1.82) is 0 Å². The number of carbonyl (C=O) groups excluding carboxylic acids is 1. The predicted molar refractivity (Wildman–Crippen MR) is 143 cm³/mol. The predicted octanol–water partition coefficient (Wildman–Crippen LogP) is 4.85. The van der Waals surface area contributed by atoms with Gasteiger partial charge in [0.1, 0.15) is 36.4 Å². The minimum absolute atomic E-state index is 0.434. The summed E-state index contributed by atoms with van der Waals surface area (Å²) in [6.45, 7) is 3.87. The lowest BCUT2D eigenvalue weighted by Crippen LogP contribution is -1.99. The molecule has 11 heteroatoms. The fourth-order valence-corrected chi connectivity index (χ4v) is 4.19. The summed E-state index contributed by atoms with van der Waals surface area (Å²) in [4.78, 5) is 28.4. The summed E-state index contributed by atoms with van der Waals surface area (Å²) in [6.07, 6.45) is 5.34. The molecule has 0 bridgehead atoms. The Labute approximate surface area is 216 Å². The number of hydrogen-bond acceptors (Lipinski definition) is 9. The summed E-state index contributed by atoms with van der Waals surface area (Å²) in [7, 11) is 0. The zero-order chi connectivity index (χ0) is 26.1. The highest BCUT2D eigenvalue weighted by molar-refractivity contribution is 5.94. The van der Waals surface area contributed by atoms with E-state index < -0.39 is 0 Å². The van der Waals surface area contributed by atoms with Crippen molar-refractivity contribution < 1.29 is 9.53 Å². The van der Waals surface area contributed by atoms with Crippen molar-refractivity contribution in [3.63, 3.8) is 0 Å². The maximum Gasteiger partial charge on any atom is 0.224 e. The molecule has 0 unspecified atom stereocenters. The van der Waals surface area contributed by atoms with E-state index in [1.54, 1.807) is 29.2 Å². The van der Waals surface area contributed by atoms with Gasteiger partial charge < -0.3 is 15.4 Å². The molecule has 0 fully saturated rings. The van der Waals surface area contributed by atoms with Crippen LogP contribution in [-0.4, -0.2) is 40.9 Å². The summed E-state index contributed by atoms with van der Waals surface area (Å²) in [6, 6.07) is 17.2. The Bertz CT molecular complexity index is 1820. The number of ether oxygens (including phenoxy) is 1. The van der Waals surface area contributed by atoms with Gasteiger partial charge in [-0.15, -0.1) is 10.2 Å². The quantitative estimate of drug-likeness (QED) is 0.293. The van der Waals surface area contributed by atoms with Crippen molar-refractivity contribution in [1.82, 2.24) is 34.5 Å². The summed E-state index contributed by atoms with van der Waals surface area (Å²) in [5.74, 6) is 2.29. The first-order chi connectivity index (χ1) is 18.6. The maximum absolute atomic E-state index is 10.7. The Balaban J connectivity index is 1.28. The molecule has 0 spiro atoms. The normalized spacial score (nSPS) is 11.0. The van der Waals surface area contributed by atoms with Crippen LogP contribution in [0.5, 0.6) is 11.6 Å². The number of pyridine rings is 1. The third kappa shape index (κ3) is 4.44. The van der Waals surface area contributed by atoms with Crippen LogP contribution in [0.2, 0.25) is 0 Å². The van der Waals surface area contributed by atoms with E-state index in [9.17, 15) is 4.79 Å². The molecule has 186 valence electrons. The van der Waals surface area contributed by atoms with Gasteiger partial charge in [0.05, 0.1) is 5.52 Å². The van der Waals surface area contributed by atoms with Crippen LogP contribution in [0, 0.1) is 13.8 Å². The molecule has 6 rings (SSSR count). The van der Waals surface area contributed by atoms with Gasteiger partial charge in [-0.25, -0.2) is 19.9 Å². The Morgan fingerprint density at radius 3 is 2.71 bits per heavy atom. The van der Waals surface area contributed by atoms with Crippen LogP contribution in [0.25, 0.3) is 27.7 Å². The molecule has 38 heavy (non-hydrogen) atoms. The van der Waals surface area contributed by atoms with E-state index in [0.29, 0.717) is 35.3 Å². The standard InChI is InChI=1S/C27H21N9O2/c1-16-9-19(4-7-23(16)38-26-11-25-35-32-14-36(25)13-30-26)34-27-21-10-18(3-6-22(21)28-12-29-27)20-5-8-24(31-15-37)33-17(20)2/h3-15H,1-2H3,(H,28,29,34)(H,31,33,37). The number of carbonyl (C=O) groups is 1. The Morgan fingerprint density at radius 2 is 1.87 bits per heavy atom. The summed E-state index contributed by atoms with van der Waals surface area (Å²) in [5.41, 5.74) is 5.95. The fraction of sp³-hybridized carbons (Fsp3) is 0.0741. The van der Waals surface area contributed by atoms with Crippen LogP contribution in [0.4, 0.5) is 17.3 Å². The van der Waals surface area contributed by atoms with Gasteiger partial charge in [-0.1, -0.05) is 6.07 Å². The van der Waals surface area contributed by atoms with Gasteiger partial charge in [-0.3, -0.25) is 9.20 Å². The first kappa shape index (κ1) is 23.0. The molecule has 4 aromatic heterocycles. The van der Waals surface area contributed by atoms with E-state index in [-0.39, 0.29) is 0 Å². The molecule has 0 radical (unpaired) electrons. The fourth-order valence-electron chi connectivity index (χ4n) is 4.19. The molecular formula is C27H21N9O2. The topological polar surface area (TPSA) is 132 Å². The van der Waals surface area contributed by atoms with Gasteiger partial charge in [-0.05, 0) is 67.4 Å². The number of rotatable bonds is 7. The van der Waals surface area contributed by atoms with E-state index in [1.807, 2.05) is 56.3 Å². The van der Waals surface area contributed by atoms with Crippen molar-refractivity contribution in [2.24, 2.45) is 0 Å². The third-order valence-electron chi connectivity index (χ3n) is 6.05. The second-order valence-electron chi connectivity index (χ2n) is 8.58. The van der Waals surface area contributed by atoms with Gasteiger partial charge in [0, 0.05) is 28.4 Å². The number of aryl methyl sites for hydroxylation is 2. The minimum Gasteiger partial charge on any atom is -0.439 e. The first-order valence-electron chi connectivity index (χ1n) is 11.7.